The first-order valence-electron chi connectivity index (χ1n) is 11.0. The Bertz CT molecular complexity index is 459. The van der Waals surface area contributed by atoms with Gasteiger partial charge in [0.25, 0.3) is 0 Å². The lowest BCUT2D eigenvalue weighted by atomic mass is 10.5. The lowest BCUT2D eigenvalue weighted by Gasteiger charge is -2.55. The maximum atomic E-state index is 6.06. The van der Waals surface area contributed by atoms with Crippen molar-refractivity contribution in [2.24, 2.45) is 0 Å². The van der Waals surface area contributed by atoms with Crippen molar-refractivity contribution in [1.82, 2.24) is 13.7 Å². The Morgan fingerprint density at radius 3 is 1.41 bits per heavy atom. The second-order valence-electron chi connectivity index (χ2n) is 7.47. The average molecular weight is 445 g/mol. The maximum absolute atomic E-state index is 6.06. The number of rotatable bonds is 9. The fraction of sp³-hybridized carbons (Fsp3) is 0.895. The number of hydrogen-bond donors (Lipinski definition) is 0. The van der Waals surface area contributed by atoms with Crippen molar-refractivity contribution in [3.05, 3.63) is 10.9 Å². The van der Waals surface area contributed by atoms with Crippen molar-refractivity contribution < 1.29 is 23.1 Å². The molecule has 0 atom stereocenters. The van der Waals surface area contributed by atoms with Gasteiger partial charge in [-0.3, -0.25) is 13.7 Å². The van der Waals surface area contributed by atoms with Gasteiger partial charge in [0, 0.05) is 52.5 Å². The Balaban J connectivity index is 2.01. The molecule has 3 aliphatic heterocycles. The third kappa shape index (κ3) is 5.76. The van der Waals surface area contributed by atoms with Gasteiger partial charge >= 0.3 is 17.8 Å². The van der Waals surface area contributed by atoms with Crippen molar-refractivity contribution in [2.75, 3.05) is 92.1 Å². The van der Waals surface area contributed by atoms with Crippen LogP contribution in [-0.2, 0) is 23.1 Å². The van der Waals surface area contributed by atoms with Crippen LogP contribution in [0.15, 0.2) is 10.9 Å². The summed E-state index contributed by atoms with van der Waals surface area (Å²) in [5.41, 5.74) is 2.56. The first-order chi connectivity index (χ1) is 14.2. The Kier molecular flexibility index (Phi) is 9.76. The van der Waals surface area contributed by atoms with Crippen LogP contribution in [0, 0.1) is 0 Å². The molecule has 3 saturated heterocycles. The zero-order valence-corrected chi connectivity index (χ0v) is 20.4. The van der Waals surface area contributed by atoms with E-state index in [-0.39, 0.29) is 0 Å². The molecule has 0 spiro atoms. The van der Waals surface area contributed by atoms with Crippen LogP contribution < -0.4 is 0 Å². The second-order valence-corrected chi connectivity index (χ2v) is 13.0. The summed E-state index contributed by atoms with van der Waals surface area (Å²) in [6.07, 6.45) is 0. The predicted octanol–water partition coefficient (Wildman–Crippen LogP) is 0.508. The van der Waals surface area contributed by atoms with E-state index in [0.717, 1.165) is 78.9 Å². The van der Waals surface area contributed by atoms with E-state index in [4.69, 9.17) is 23.1 Å². The van der Waals surface area contributed by atoms with Crippen molar-refractivity contribution in [2.45, 2.75) is 20.8 Å². The summed E-state index contributed by atoms with van der Waals surface area (Å²) in [6, 6.07) is 0. The third-order valence-electron chi connectivity index (χ3n) is 5.71. The molecule has 167 valence electrons. The zero-order chi connectivity index (χ0) is 20.5. The maximum Gasteiger partial charge on any atom is 0.418 e. The summed E-state index contributed by atoms with van der Waals surface area (Å²) < 4.78 is 37.4. The molecule has 0 aliphatic carbocycles. The lowest BCUT2D eigenvalue weighted by Crippen LogP contribution is -2.78. The van der Waals surface area contributed by atoms with E-state index in [1.165, 1.54) is 5.20 Å². The van der Waals surface area contributed by atoms with Crippen LogP contribution in [0.2, 0.25) is 0 Å². The number of nitrogens with zero attached hydrogens (tertiary/aromatic N) is 3. The van der Waals surface area contributed by atoms with E-state index in [9.17, 15) is 0 Å². The van der Waals surface area contributed by atoms with Crippen molar-refractivity contribution >= 4 is 17.8 Å². The first-order valence-corrected chi connectivity index (χ1v) is 14.3. The normalized spacial score (nSPS) is 24.3. The highest BCUT2D eigenvalue weighted by atomic mass is 28.4. The van der Waals surface area contributed by atoms with Gasteiger partial charge in [-0.15, -0.1) is 0 Å². The summed E-state index contributed by atoms with van der Waals surface area (Å²) in [5.74, 6) is 0. The van der Waals surface area contributed by atoms with Crippen LogP contribution in [0.4, 0.5) is 0 Å². The van der Waals surface area contributed by atoms with Gasteiger partial charge in [-0.1, -0.05) is 5.70 Å². The lowest BCUT2D eigenvalue weighted by molar-refractivity contribution is 0.0185. The molecule has 0 saturated carbocycles. The topological polar surface area (TPSA) is 55.9 Å². The first kappa shape index (κ1) is 23.5. The van der Waals surface area contributed by atoms with E-state index in [0.29, 0.717) is 13.2 Å². The minimum Gasteiger partial charge on any atom is -0.390 e. The Morgan fingerprint density at radius 2 is 1.10 bits per heavy atom. The smallest absolute Gasteiger partial charge is 0.390 e. The van der Waals surface area contributed by atoms with E-state index in [2.05, 4.69) is 26.3 Å². The third-order valence-corrected chi connectivity index (χ3v) is 12.8. The number of allylic oxidation sites excluding steroid dienone is 1. The summed E-state index contributed by atoms with van der Waals surface area (Å²) in [7, 11) is -3.76. The molecular formula is C19H38N3O5Si2. The van der Waals surface area contributed by atoms with Crippen LogP contribution in [0.3, 0.4) is 0 Å². The number of hydrogen-bond acceptors (Lipinski definition) is 8. The van der Waals surface area contributed by atoms with Crippen LogP contribution in [0.5, 0.6) is 0 Å². The van der Waals surface area contributed by atoms with Crippen LogP contribution in [0.1, 0.15) is 20.8 Å². The number of morpholine rings is 3. The highest BCUT2D eigenvalue weighted by Gasteiger charge is 2.51. The summed E-state index contributed by atoms with van der Waals surface area (Å²) in [5, 5.41) is 1.27. The largest absolute Gasteiger partial charge is 0.418 e. The molecule has 0 aromatic heterocycles. The molecule has 0 bridgehead atoms. The van der Waals surface area contributed by atoms with Crippen LogP contribution in [0.25, 0.3) is 0 Å². The summed E-state index contributed by atoms with van der Waals surface area (Å²) >= 11 is 0. The van der Waals surface area contributed by atoms with E-state index >= 15 is 0 Å². The standard InChI is InChI=1S/C19H38N3O5Si2/c1-4-26-28(27-5-2)19(3)18-29(20-6-12-23-13-7-20,21-8-14-24-15-9-21)22-10-16-25-17-11-22/h18H,4-17H2,1-3H3. The highest BCUT2D eigenvalue weighted by Crippen LogP contribution is 2.28. The summed E-state index contributed by atoms with van der Waals surface area (Å²) in [6.45, 7) is 18.3. The minimum atomic E-state index is -2.31. The Labute approximate surface area is 178 Å². The van der Waals surface area contributed by atoms with Gasteiger partial charge in [0.2, 0.25) is 0 Å². The minimum absolute atomic E-state index is 0.681. The molecule has 0 aromatic carbocycles. The molecular weight excluding hydrogens is 406 g/mol. The molecule has 8 nitrogen and oxygen atoms in total. The molecule has 29 heavy (non-hydrogen) atoms. The fourth-order valence-electron chi connectivity index (χ4n) is 4.43. The molecule has 0 amide bonds. The molecule has 1 radical (unpaired) electrons. The zero-order valence-electron chi connectivity index (χ0n) is 18.4. The quantitative estimate of drug-likeness (QED) is 0.477. The summed E-state index contributed by atoms with van der Waals surface area (Å²) in [4.78, 5) is 0. The van der Waals surface area contributed by atoms with Gasteiger partial charge in [-0.2, -0.15) is 0 Å². The molecule has 3 aliphatic rings. The van der Waals surface area contributed by atoms with Crippen molar-refractivity contribution in [1.29, 1.82) is 0 Å². The Hall–Kier alpha value is -0.146. The van der Waals surface area contributed by atoms with E-state index < -0.39 is 17.8 Å². The fourth-order valence-corrected chi connectivity index (χ4v) is 11.4. The highest BCUT2D eigenvalue weighted by molar-refractivity contribution is 6.78. The SMILES string of the molecule is CCO[Si](OCC)C(C)=C[Si](N1CCOCC1)(N1CCOCC1)N1CCOCC1. The van der Waals surface area contributed by atoms with Gasteiger partial charge in [-0.25, -0.2) is 0 Å². The monoisotopic (exact) mass is 444 g/mol. The molecule has 0 unspecified atom stereocenters. The predicted molar refractivity (Wildman–Crippen MR) is 116 cm³/mol. The van der Waals surface area contributed by atoms with Gasteiger partial charge in [0.15, 0.2) is 0 Å². The van der Waals surface area contributed by atoms with Crippen molar-refractivity contribution in [3.63, 3.8) is 0 Å². The average Bonchev–Trinajstić information content (AvgIpc) is 2.79. The van der Waals surface area contributed by atoms with Gasteiger partial charge < -0.3 is 23.1 Å². The van der Waals surface area contributed by atoms with Gasteiger partial charge in [0.05, 0.1) is 39.6 Å². The van der Waals surface area contributed by atoms with Gasteiger partial charge in [0.1, 0.15) is 0 Å². The molecule has 10 heteroatoms. The van der Waals surface area contributed by atoms with E-state index in [1.54, 1.807) is 0 Å². The molecule has 3 rings (SSSR count). The second kappa shape index (κ2) is 12.0. The van der Waals surface area contributed by atoms with Crippen LogP contribution in [-0.4, -0.2) is 124 Å². The van der Waals surface area contributed by atoms with E-state index in [1.807, 2.05) is 13.8 Å². The number of ether oxygens (including phenoxy) is 3. The van der Waals surface area contributed by atoms with Crippen LogP contribution >= 0.6 is 0 Å². The molecule has 3 heterocycles. The van der Waals surface area contributed by atoms with Crippen molar-refractivity contribution in [3.8, 4) is 0 Å². The molecule has 0 aromatic rings. The molecule has 3 fully saturated rings. The van der Waals surface area contributed by atoms with Gasteiger partial charge in [-0.05, 0) is 26.0 Å². The Morgan fingerprint density at radius 1 is 0.759 bits per heavy atom. The molecule has 0 N–H and O–H groups in total.